The lowest BCUT2D eigenvalue weighted by atomic mass is 10.2. The number of rotatable bonds is 5. The van der Waals surface area contributed by atoms with Crippen molar-refractivity contribution in [2.45, 2.75) is 57.0 Å². The molecule has 140 valence electrons. The van der Waals surface area contributed by atoms with E-state index >= 15 is 0 Å². The fourth-order valence-electron chi connectivity index (χ4n) is 3.13. The van der Waals surface area contributed by atoms with E-state index in [0.29, 0.717) is 11.4 Å². The highest BCUT2D eigenvalue weighted by atomic mass is 32.2. The quantitative estimate of drug-likeness (QED) is 0.628. The molecule has 1 aliphatic heterocycles. The number of aryl methyl sites for hydroxylation is 2. The fraction of sp³-hybridized carbons (Fsp3) is 0.500. The Bertz CT molecular complexity index is 938. The molecule has 0 radical (unpaired) electrons. The molecule has 1 aromatic carbocycles. The third-order valence-corrected chi connectivity index (χ3v) is 6.08. The number of aromatic nitrogens is 3. The zero-order chi connectivity index (χ0) is 18.9. The van der Waals surface area contributed by atoms with Gasteiger partial charge in [-0.2, -0.15) is 0 Å². The van der Waals surface area contributed by atoms with Crippen molar-refractivity contribution in [2.75, 3.05) is 0 Å². The Morgan fingerprint density at radius 3 is 2.77 bits per heavy atom. The number of nitrogens with zero attached hydrogens (tertiary/aromatic N) is 4. The van der Waals surface area contributed by atoms with E-state index in [1.54, 1.807) is 13.8 Å². The van der Waals surface area contributed by atoms with Crippen LogP contribution in [0.4, 0.5) is 5.69 Å². The highest BCUT2D eigenvalue weighted by Gasteiger charge is 2.26. The maximum Gasteiger partial charge on any atom is 0.273 e. The normalized spacial score (nSPS) is 15.9. The number of hydrogen-bond acceptors (Lipinski definition) is 6. The number of nitro groups is 1. The third kappa shape index (κ3) is 3.61. The lowest BCUT2D eigenvalue weighted by Gasteiger charge is -2.15. The van der Waals surface area contributed by atoms with Gasteiger partial charge >= 0.3 is 0 Å². The van der Waals surface area contributed by atoms with E-state index in [9.17, 15) is 18.5 Å². The molecule has 0 bridgehead atoms. The standard InChI is InChI=1S/C16H21N5O4S/c1-11-7-8-13(10-14(11)21(22)23)26(24,25)19-12(2)16-18-17-15-6-4-3-5-9-20(15)16/h7-8,10,12,19H,3-6,9H2,1-2H3/t12-/m1/s1. The zero-order valence-corrected chi connectivity index (χ0v) is 15.5. The Balaban J connectivity index is 1.87. The van der Waals surface area contributed by atoms with Gasteiger partial charge in [0.15, 0.2) is 5.82 Å². The van der Waals surface area contributed by atoms with Gasteiger partial charge in [-0.3, -0.25) is 10.1 Å². The second kappa shape index (κ2) is 7.12. The molecule has 0 unspecified atom stereocenters. The van der Waals surface area contributed by atoms with Crippen LogP contribution in [0.25, 0.3) is 0 Å². The van der Waals surface area contributed by atoms with Crippen molar-refractivity contribution in [3.8, 4) is 0 Å². The van der Waals surface area contributed by atoms with Gasteiger partial charge in [-0.15, -0.1) is 10.2 Å². The number of sulfonamides is 1. The minimum absolute atomic E-state index is 0.141. The van der Waals surface area contributed by atoms with E-state index in [4.69, 9.17) is 0 Å². The minimum Gasteiger partial charge on any atom is -0.314 e. The molecule has 0 spiro atoms. The van der Waals surface area contributed by atoms with Crippen LogP contribution in [0.3, 0.4) is 0 Å². The minimum atomic E-state index is -3.93. The van der Waals surface area contributed by atoms with Crippen molar-refractivity contribution >= 4 is 15.7 Å². The summed E-state index contributed by atoms with van der Waals surface area (Å²) in [7, 11) is -3.93. The Kier molecular flexibility index (Phi) is 5.05. The molecule has 0 saturated heterocycles. The van der Waals surface area contributed by atoms with Crippen molar-refractivity contribution in [1.29, 1.82) is 0 Å². The summed E-state index contributed by atoms with van der Waals surface area (Å²) in [6, 6.07) is 3.27. The van der Waals surface area contributed by atoms with Gasteiger partial charge in [-0.05, 0) is 32.8 Å². The first-order chi connectivity index (χ1) is 12.3. The molecular weight excluding hydrogens is 358 g/mol. The van der Waals surface area contributed by atoms with Gasteiger partial charge in [0, 0.05) is 24.6 Å². The second-order valence-electron chi connectivity index (χ2n) is 6.49. The number of benzene rings is 1. The Morgan fingerprint density at radius 1 is 1.27 bits per heavy atom. The summed E-state index contributed by atoms with van der Waals surface area (Å²) in [5.41, 5.74) is 0.182. The number of hydrogen-bond donors (Lipinski definition) is 1. The van der Waals surface area contributed by atoms with E-state index in [-0.39, 0.29) is 10.6 Å². The van der Waals surface area contributed by atoms with E-state index in [1.165, 1.54) is 12.1 Å². The van der Waals surface area contributed by atoms with Crippen LogP contribution < -0.4 is 4.72 Å². The largest absolute Gasteiger partial charge is 0.314 e. The topological polar surface area (TPSA) is 120 Å². The maximum absolute atomic E-state index is 12.7. The average Bonchev–Trinajstić information content (AvgIpc) is 2.83. The molecular formula is C16H21N5O4S. The van der Waals surface area contributed by atoms with E-state index < -0.39 is 21.0 Å². The molecule has 0 amide bonds. The summed E-state index contributed by atoms with van der Waals surface area (Å²) >= 11 is 0. The molecule has 0 saturated carbocycles. The summed E-state index contributed by atoms with van der Waals surface area (Å²) in [5.74, 6) is 1.43. The Labute approximate surface area is 151 Å². The average molecular weight is 379 g/mol. The van der Waals surface area contributed by atoms with Crippen molar-refractivity contribution in [3.63, 3.8) is 0 Å². The van der Waals surface area contributed by atoms with Crippen LogP contribution in [0.15, 0.2) is 23.1 Å². The van der Waals surface area contributed by atoms with E-state index in [1.807, 2.05) is 4.57 Å². The summed E-state index contributed by atoms with van der Waals surface area (Å²) < 4.78 is 29.9. The monoisotopic (exact) mass is 379 g/mol. The SMILES string of the molecule is Cc1ccc(S(=O)(=O)N[C@H](C)c2nnc3n2CCCCC3)cc1[N+](=O)[O-]. The third-order valence-electron chi connectivity index (χ3n) is 4.54. The molecule has 1 aliphatic rings. The van der Waals surface area contributed by atoms with E-state index in [2.05, 4.69) is 14.9 Å². The lowest BCUT2D eigenvalue weighted by Crippen LogP contribution is -2.29. The molecule has 2 aromatic rings. The molecule has 2 heterocycles. The van der Waals surface area contributed by atoms with Crippen LogP contribution in [0.2, 0.25) is 0 Å². The number of fused-ring (bicyclic) bond motifs is 1. The lowest BCUT2D eigenvalue weighted by molar-refractivity contribution is -0.385. The Hall–Kier alpha value is -2.33. The first-order valence-corrected chi connectivity index (χ1v) is 9.97. The predicted molar refractivity (Wildman–Crippen MR) is 94.1 cm³/mol. The van der Waals surface area contributed by atoms with Crippen LogP contribution in [0.1, 0.15) is 49.4 Å². The van der Waals surface area contributed by atoms with Crippen LogP contribution in [-0.2, 0) is 23.0 Å². The molecule has 3 rings (SSSR count). The summed E-state index contributed by atoms with van der Waals surface area (Å²) in [4.78, 5) is 10.3. The van der Waals surface area contributed by atoms with Crippen molar-refractivity contribution in [3.05, 3.63) is 45.5 Å². The van der Waals surface area contributed by atoms with Gasteiger partial charge in [-0.1, -0.05) is 12.5 Å². The molecule has 1 aromatic heterocycles. The van der Waals surface area contributed by atoms with Gasteiger partial charge in [-0.25, -0.2) is 13.1 Å². The molecule has 10 heteroatoms. The zero-order valence-electron chi connectivity index (χ0n) is 14.7. The fourth-order valence-corrected chi connectivity index (χ4v) is 4.36. The molecule has 0 aliphatic carbocycles. The number of nitro benzene ring substituents is 1. The van der Waals surface area contributed by atoms with Crippen molar-refractivity contribution in [1.82, 2.24) is 19.5 Å². The highest BCUT2D eigenvalue weighted by molar-refractivity contribution is 7.89. The van der Waals surface area contributed by atoms with Gasteiger partial charge in [0.2, 0.25) is 10.0 Å². The van der Waals surface area contributed by atoms with Gasteiger partial charge in [0.05, 0.1) is 15.9 Å². The van der Waals surface area contributed by atoms with Gasteiger partial charge in [0.1, 0.15) is 5.82 Å². The van der Waals surface area contributed by atoms with Gasteiger partial charge < -0.3 is 4.57 Å². The van der Waals surface area contributed by atoms with Crippen molar-refractivity contribution < 1.29 is 13.3 Å². The van der Waals surface area contributed by atoms with Crippen LogP contribution in [-0.4, -0.2) is 28.1 Å². The summed E-state index contributed by atoms with van der Waals surface area (Å²) in [6.45, 7) is 4.03. The van der Waals surface area contributed by atoms with Crippen LogP contribution in [0.5, 0.6) is 0 Å². The van der Waals surface area contributed by atoms with Crippen molar-refractivity contribution in [2.24, 2.45) is 0 Å². The van der Waals surface area contributed by atoms with Crippen LogP contribution in [0, 0.1) is 17.0 Å². The maximum atomic E-state index is 12.7. The molecule has 0 fully saturated rings. The highest BCUT2D eigenvalue weighted by Crippen LogP contribution is 2.24. The molecule has 1 N–H and O–H groups in total. The molecule has 9 nitrogen and oxygen atoms in total. The first-order valence-electron chi connectivity index (χ1n) is 8.49. The molecule has 26 heavy (non-hydrogen) atoms. The summed E-state index contributed by atoms with van der Waals surface area (Å²) in [5, 5.41) is 19.4. The van der Waals surface area contributed by atoms with E-state index in [0.717, 1.165) is 44.1 Å². The Morgan fingerprint density at radius 2 is 2.04 bits per heavy atom. The summed E-state index contributed by atoms with van der Waals surface area (Å²) in [6.07, 6.45) is 3.99. The van der Waals surface area contributed by atoms with Crippen LogP contribution >= 0.6 is 0 Å². The second-order valence-corrected chi connectivity index (χ2v) is 8.20. The smallest absolute Gasteiger partial charge is 0.273 e. The number of nitrogens with one attached hydrogen (secondary N) is 1. The van der Waals surface area contributed by atoms with Gasteiger partial charge in [0.25, 0.3) is 5.69 Å². The first kappa shape index (κ1) is 18.5. The predicted octanol–water partition coefficient (Wildman–Crippen LogP) is 2.26. The molecule has 1 atom stereocenters.